The second-order valence-corrected chi connectivity index (χ2v) is 6.90. The van der Waals surface area contributed by atoms with Crippen molar-refractivity contribution in [3.63, 3.8) is 0 Å². The maximum absolute atomic E-state index is 16.0. The minimum atomic E-state index is -1.66. The fourth-order valence-corrected chi connectivity index (χ4v) is 4.76. The van der Waals surface area contributed by atoms with Crippen LogP contribution in [0.4, 0.5) is 4.39 Å². The van der Waals surface area contributed by atoms with Crippen molar-refractivity contribution in [1.29, 1.82) is 0 Å². The van der Waals surface area contributed by atoms with Crippen molar-refractivity contribution in [3.8, 4) is 0 Å². The predicted molar refractivity (Wildman–Crippen MR) is 80.8 cm³/mol. The maximum Gasteiger partial charge on any atom is 0.175 e. The molecule has 0 bridgehead atoms. The SMILES string of the molecule is O=[S@@]1CCC[C@H]1C(F)(c1ccccc1)c1ccccc1. The third-order valence-electron chi connectivity index (χ3n) is 3.96. The van der Waals surface area contributed by atoms with Gasteiger partial charge in [-0.25, -0.2) is 4.39 Å². The lowest BCUT2D eigenvalue weighted by atomic mass is 9.83. The van der Waals surface area contributed by atoms with E-state index in [0.29, 0.717) is 23.3 Å². The van der Waals surface area contributed by atoms with Gasteiger partial charge in [-0.05, 0) is 24.0 Å². The lowest BCUT2D eigenvalue weighted by Crippen LogP contribution is -2.37. The molecule has 0 spiro atoms. The first-order valence-corrected chi connectivity index (χ1v) is 8.28. The Morgan fingerprint density at radius 3 is 1.85 bits per heavy atom. The largest absolute Gasteiger partial charge is 0.259 e. The van der Waals surface area contributed by atoms with E-state index in [1.54, 1.807) is 24.3 Å². The van der Waals surface area contributed by atoms with Crippen LogP contribution in [0.3, 0.4) is 0 Å². The summed E-state index contributed by atoms with van der Waals surface area (Å²) in [5, 5.41) is -0.452. The Morgan fingerprint density at radius 2 is 1.45 bits per heavy atom. The summed E-state index contributed by atoms with van der Waals surface area (Å²) in [5.74, 6) is 0.607. The van der Waals surface area contributed by atoms with Gasteiger partial charge in [-0.2, -0.15) is 0 Å². The van der Waals surface area contributed by atoms with Crippen molar-refractivity contribution < 1.29 is 8.60 Å². The smallest absolute Gasteiger partial charge is 0.175 e. The summed E-state index contributed by atoms with van der Waals surface area (Å²) in [7, 11) is -1.11. The molecule has 104 valence electrons. The normalized spacial score (nSPS) is 22.9. The number of hydrogen-bond donors (Lipinski definition) is 0. The van der Waals surface area contributed by atoms with Crippen LogP contribution in [-0.4, -0.2) is 15.2 Å². The van der Waals surface area contributed by atoms with Crippen LogP contribution in [0.1, 0.15) is 24.0 Å². The highest BCUT2D eigenvalue weighted by molar-refractivity contribution is 7.86. The van der Waals surface area contributed by atoms with Gasteiger partial charge < -0.3 is 0 Å². The van der Waals surface area contributed by atoms with Crippen LogP contribution in [0.25, 0.3) is 0 Å². The lowest BCUT2D eigenvalue weighted by molar-refractivity contribution is 0.211. The zero-order valence-electron chi connectivity index (χ0n) is 11.2. The van der Waals surface area contributed by atoms with Gasteiger partial charge in [0.2, 0.25) is 0 Å². The molecule has 0 unspecified atom stereocenters. The Hall–Kier alpha value is -1.48. The van der Waals surface area contributed by atoms with Gasteiger partial charge in [0.05, 0.1) is 5.25 Å². The number of benzene rings is 2. The molecule has 0 radical (unpaired) electrons. The number of hydrogen-bond acceptors (Lipinski definition) is 1. The summed E-state index contributed by atoms with van der Waals surface area (Å²) < 4.78 is 28.3. The van der Waals surface area contributed by atoms with E-state index in [9.17, 15) is 4.21 Å². The summed E-state index contributed by atoms with van der Waals surface area (Å²) in [6.45, 7) is 0. The van der Waals surface area contributed by atoms with E-state index in [4.69, 9.17) is 0 Å². The van der Waals surface area contributed by atoms with Crippen LogP contribution in [-0.2, 0) is 16.5 Å². The fourth-order valence-electron chi connectivity index (χ4n) is 2.96. The molecule has 0 amide bonds. The molecule has 0 aromatic heterocycles. The van der Waals surface area contributed by atoms with Crippen molar-refractivity contribution in [1.82, 2.24) is 0 Å². The zero-order valence-corrected chi connectivity index (χ0v) is 12.0. The first kappa shape index (κ1) is 13.5. The molecule has 1 aliphatic rings. The van der Waals surface area contributed by atoms with E-state index in [1.807, 2.05) is 36.4 Å². The summed E-state index contributed by atoms with van der Waals surface area (Å²) >= 11 is 0. The molecule has 2 aromatic carbocycles. The highest BCUT2D eigenvalue weighted by Gasteiger charge is 2.47. The van der Waals surface area contributed by atoms with Crippen LogP contribution >= 0.6 is 0 Å². The topological polar surface area (TPSA) is 17.1 Å². The molecule has 2 aromatic rings. The average Bonchev–Trinajstić information content (AvgIpc) is 2.95. The molecule has 2 atom stereocenters. The summed E-state index contributed by atoms with van der Waals surface area (Å²) in [6.07, 6.45) is 1.51. The summed E-state index contributed by atoms with van der Waals surface area (Å²) in [6, 6.07) is 18.3. The third-order valence-corrected chi connectivity index (χ3v) is 5.85. The molecule has 1 saturated heterocycles. The first-order valence-electron chi connectivity index (χ1n) is 6.90. The average molecular weight is 288 g/mol. The molecule has 1 aliphatic heterocycles. The molecule has 1 nitrogen and oxygen atoms in total. The standard InChI is InChI=1S/C17H17FOS/c18-17(14-8-3-1-4-9-14,15-10-5-2-6-11-15)16-12-7-13-20(16)19/h1-6,8-11,16H,7,12-13H2/t16-,20+/m0/s1. The van der Waals surface area contributed by atoms with Crippen LogP contribution < -0.4 is 0 Å². The Balaban J connectivity index is 2.15. The number of halogens is 1. The Bertz CT molecular complexity index is 557. The van der Waals surface area contributed by atoms with Gasteiger partial charge in [-0.1, -0.05) is 60.7 Å². The molecule has 0 saturated carbocycles. The summed E-state index contributed by atoms with van der Waals surface area (Å²) in [4.78, 5) is 0. The van der Waals surface area contributed by atoms with Gasteiger partial charge in [-0.15, -0.1) is 0 Å². The van der Waals surface area contributed by atoms with E-state index in [-0.39, 0.29) is 0 Å². The zero-order chi connectivity index (χ0) is 14.0. The van der Waals surface area contributed by atoms with Gasteiger partial charge in [0.1, 0.15) is 0 Å². The van der Waals surface area contributed by atoms with E-state index in [0.717, 1.165) is 6.42 Å². The molecule has 0 aliphatic carbocycles. The quantitative estimate of drug-likeness (QED) is 0.839. The highest BCUT2D eigenvalue weighted by atomic mass is 32.2. The van der Waals surface area contributed by atoms with Crippen LogP contribution in [0.2, 0.25) is 0 Å². The van der Waals surface area contributed by atoms with Crippen molar-refractivity contribution in [2.45, 2.75) is 23.8 Å². The van der Waals surface area contributed by atoms with Crippen LogP contribution in [0.5, 0.6) is 0 Å². The lowest BCUT2D eigenvalue weighted by Gasteiger charge is -2.31. The minimum Gasteiger partial charge on any atom is -0.259 e. The predicted octanol–water partition coefficient (Wildman–Crippen LogP) is 3.81. The third kappa shape index (κ3) is 2.20. The van der Waals surface area contributed by atoms with E-state index in [2.05, 4.69) is 0 Å². The second-order valence-electron chi connectivity index (χ2n) is 5.16. The molecule has 3 rings (SSSR count). The molecule has 1 fully saturated rings. The van der Waals surface area contributed by atoms with Crippen molar-refractivity contribution in [2.75, 3.05) is 5.75 Å². The Labute approximate surface area is 121 Å². The Kier molecular flexibility index (Phi) is 3.70. The van der Waals surface area contributed by atoms with Crippen molar-refractivity contribution >= 4 is 10.8 Å². The van der Waals surface area contributed by atoms with Gasteiger partial charge in [0.15, 0.2) is 5.67 Å². The van der Waals surface area contributed by atoms with Crippen LogP contribution in [0, 0.1) is 0 Å². The van der Waals surface area contributed by atoms with Gasteiger partial charge in [0.25, 0.3) is 0 Å². The minimum absolute atomic E-state index is 0.452. The molecule has 3 heteroatoms. The molecular formula is C17H17FOS. The molecular weight excluding hydrogens is 271 g/mol. The summed E-state index contributed by atoms with van der Waals surface area (Å²) in [5.41, 5.74) is -0.456. The highest BCUT2D eigenvalue weighted by Crippen LogP contribution is 2.43. The number of rotatable bonds is 3. The maximum atomic E-state index is 16.0. The van der Waals surface area contributed by atoms with E-state index >= 15 is 4.39 Å². The monoisotopic (exact) mass is 288 g/mol. The van der Waals surface area contributed by atoms with Crippen molar-refractivity contribution in [2.24, 2.45) is 0 Å². The Morgan fingerprint density at radius 1 is 0.950 bits per heavy atom. The first-order chi connectivity index (χ1) is 9.73. The van der Waals surface area contributed by atoms with Gasteiger partial charge in [-0.3, -0.25) is 4.21 Å². The molecule has 20 heavy (non-hydrogen) atoms. The van der Waals surface area contributed by atoms with E-state index in [1.165, 1.54) is 0 Å². The second kappa shape index (κ2) is 5.49. The van der Waals surface area contributed by atoms with Gasteiger partial charge >= 0.3 is 0 Å². The molecule has 1 heterocycles. The van der Waals surface area contributed by atoms with E-state index < -0.39 is 21.7 Å². The molecule has 0 N–H and O–H groups in total. The fraction of sp³-hybridized carbons (Fsp3) is 0.294. The number of alkyl halides is 1. The van der Waals surface area contributed by atoms with Gasteiger partial charge in [0, 0.05) is 16.6 Å². The van der Waals surface area contributed by atoms with Crippen molar-refractivity contribution in [3.05, 3.63) is 71.8 Å². The van der Waals surface area contributed by atoms with Crippen LogP contribution in [0.15, 0.2) is 60.7 Å².